The van der Waals surface area contributed by atoms with Crippen LogP contribution in [0.5, 0.6) is 0 Å². The van der Waals surface area contributed by atoms with Crippen molar-refractivity contribution < 1.29 is 9.18 Å². The smallest absolute Gasteiger partial charge is 0.226 e. The Morgan fingerprint density at radius 2 is 2.06 bits per heavy atom. The van der Waals surface area contributed by atoms with Gasteiger partial charge >= 0.3 is 0 Å². The zero-order valence-corrected chi connectivity index (χ0v) is 12.3. The number of benzene rings is 1. The van der Waals surface area contributed by atoms with Crippen molar-refractivity contribution in [3.05, 3.63) is 22.4 Å². The molecule has 0 atom stereocenters. The van der Waals surface area contributed by atoms with Crippen LogP contribution < -0.4 is 10.2 Å². The number of fused-ring (bicyclic) bond motifs is 1. The second-order valence-electron chi connectivity index (χ2n) is 5.40. The minimum atomic E-state index is -0.371. The van der Waals surface area contributed by atoms with Gasteiger partial charge in [-0.1, -0.05) is 0 Å². The summed E-state index contributed by atoms with van der Waals surface area (Å²) in [7, 11) is 0. The first-order chi connectivity index (χ1) is 8.29. The maximum absolute atomic E-state index is 13.6. The van der Waals surface area contributed by atoms with Crippen LogP contribution in [0.4, 0.5) is 15.8 Å². The van der Waals surface area contributed by atoms with Crippen molar-refractivity contribution in [2.45, 2.75) is 32.7 Å². The summed E-state index contributed by atoms with van der Waals surface area (Å²) in [5.74, 6) is -0.450. The molecule has 0 radical (unpaired) electrons. The standard InChI is InChI=1S/C13H16BrFN2O/c1-13(2,3)17-5-4-12(18)16-10-7-9(15)8(14)6-11(10)17/h6-7H,4-5H2,1-3H3,(H,16,18). The number of nitrogens with one attached hydrogen (secondary N) is 1. The highest BCUT2D eigenvalue weighted by Crippen LogP contribution is 2.37. The third-order valence-corrected chi connectivity index (χ3v) is 3.58. The number of carbonyl (C=O) groups is 1. The first kappa shape index (κ1) is 13.3. The van der Waals surface area contributed by atoms with Crippen molar-refractivity contribution in [1.82, 2.24) is 0 Å². The Hall–Kier alpha value is -1.10. The molecule has 0 aliphatic carbocycles. The molecule has 0 saturated heterocycles. The molecule has 5 heteroatoms. The predicted octanol–water partition coefficient (Wildman–Crippen LogP) is 3.54. The Kier molecular flexibility index (Phi) is 3.36. The van der Waals surface area contributed by atoms with Gasteiger partial charge in [-0.2, -0.15) is 0 Å². The molecule has 1 amide bonds. The largest absolute Gasteiger partial charge is 0.364 e. The van der Waals surface area contributed by atoms with Gasteiger partial charge in [0.2, 0.25) is 5.91 Å². The van der Waals surface area contributed by atoms with Gasteiger partial charge in [0, 0.05) is 24.6 Å². The number of carbonyl (C=O) groups excluding carboxylic acids is 1. The fourth-order valence-corrected chi connectivity index (χ4v) is 2.43. The summed E-state index contributed by atoms with van der Waals surface area (Å²) in [5, 5.41) is 2.75. The highest BCUT2D eigenvalue weighted by atomic mass is 79.9. The van der Waals surface area contributed by atoms with Gasteiger partial charge in [0.25, 0.3) is 0 Å². The minimum Gasteiger partial charge on any atom is -0.364 e. The molecule has 1 aromatic carbocycles. The first-order valence-electron chi connectivity index (χ1n) is 5.85. The van der Waals surface area contributed by atoms with Crippen molar-refractivity contribution in [3.8, 4) is 0 Å². The lowest BCUT2D eigenvalue weighted by Crippen LogP contribution is -2.42. The quantitative estimate of drug-likeness (QED) is 0.794. The van der Waals surface area contributed by atoms with Crippen LogP contribution in [-0.4, -0.2) is 18.0 Å². The van der Waals surface area contributed by atoms with Gasteiger partial charge in [-0.05, 0) is 42.8 Å². The maximum atomic E-state index is 13.6. The van der Waals surface area contributed by atoms with Crippen LogP contribution in [0.2, 0.25) is 0 Å². The van der Waals surface area contributed by atoms with Crippen molar-refractivity contribution in [2.24, 2.45) is 0 Å². The van der Waals surface area contributed by atoms with Crippen LogP contribution in [0.3, 0.4) is 0 Å². The Labute approximate surface area is 114 Å². The van der Waals surface area contributed by atoms with E-state index in [0.717, 1.165) is 5.69 Å². The zero-order chi connectivity index (χ0) is 13.5. The summed E-state index contributed by atoms with van der Waals surface area (Å²) < 4.78 is 14.0. The Morgan fingerprint density at radius 3 is 2.67 bits per heavy atom. The monoisotopic (exact) mass is 314 g/mol. The number of hydrogen-bond acceptors (Lipinski definition) is 2. The topological polar surface area (TPSA) is 32.3 Å². The number of anilines is 2. The number of amides is 1. The van der Waals surface area contributed by atoms with E-state index < -0.39 is 0 Å². The first-order valence-corrected chi connectivity index (χ1v) is 6.65. The zero-order valence-electron chi connectivity index (χ0n) is 10.7. The maximum Gasteiger partial charge on any atom is 0.226 e. The average Bonchev–Trinajstić information content (AvgIpc) is 2.37. The Balaban J connectivity index is 2.57. The van der Waals surface area contributed by atoms with E-state index in [0.29, 0.717) is 23.1 Å². The molecule has 1 heterocycles. The highest BCUT2D eigenvalue weighted by Gasteiger charge is 2.28. The van der Waals surface area contributed by atoms with Gasteiger partial charge in [-0.15, -0.1) is 0 Å². The highest BCUT2D eigenvalue weighted by molar-refractivity contribution is 9.10. The van der Waals surface area contributed by atoms with Crippen LogP contribution in [-0.2, 0) is 4.79 Å². The molecule has 98 valence electrons. The molecule has 1 aliphatic rings. The lowest BCUT2D eigenvalue weighted by Gasteiger charge is -2.37. The van der Waals surface area contributed by atoms with E-state index in [9.17, 15) is 9.18 Å². The lowest BCUT2D eigenvalue weighted by atomic mass is 10.0. The van der Waals surface area contributed by atoms with Gasteiger partial charge in [0.05, 0.1) is 15.8 Å². The molecule has 1 aliphatic heterocycles. The van der Waals surface area contributed by atoms with E-state index in [2.05, 4.69) is 46.9 Å². The Bertz CT molecular complexity index is 496. The van der Waals surface area contributed by atoms with Gasteiger partial charge in [-0.3, -0.25) is 4.79 Å². The molecule has 0 spiro atoms. The summed E-state index contributed by atoms with van der Waals surface area (Å²) in [4.78, 5) is 13.8. The fourth-order valence-electron chi connectivity index (χ4n) is 2.10. The second kappa shape index (κ2) is 4.53. The van der Waals surface area contributed by atoms with Gasteiger partial charge in [-0.25, -0.2) is 4.39 Å². The second-order valence-corrected chi connectivity index (χ2v) is 6.26. The van der Waals surface area contributed by atoms with Crippen molar-refractivity contribution in [2.75, 3.05) is 16.8 Å². The molecule has 0 bridgehead atoms. The summed E-state index contributed by atoms with van der Waals surface area (Å²) in [5.41, 5.74) is 1.26. The Morgan fingerprint density at radius 1 is 1.39 bits per heavy atom. The van der Waals surface area contributed by atoms with Crippen LogP contribution in [0.15, 0.2) is 16.6 Å². The summed E-state index contributed by atoms with van der Waals surface area (Å²) >= 11 is 3.19. The molecule has 18 heavy (non-hydrogen) atoms. The summed E-state index contributed by atoms with van der Waals surface area (Å²) in [6.45, 7) is 6.85. The van der Waals surface area contributed by atoms with E-state index in [1.165, 1.54) is 6.07 Å². The van der Waals surface area contributed by atoms with E-state index >= 15 is 0 Å². The van der Waals surface area contributed by atoms with Crippen LogP contribution in [0.25, 0.3) is 0 Å². The van der Waals surface area contributed by atoms with E-state index in [1.807, 2.05) is 0 Å². The molecular weight excluding hydrogens is 299 g/mol. The molecule has 0 fully saturated rings. The molecule has 2 rings (SSSR count). The van der Waals surface area contributed by atoms with Gasteiger partial charge in [0.1, 0.15) is 5.82 Å². The minimum absolute atomic E-state index is 0.0790. The molecule has 0 saturated carbocycles. The van der Waals surface area contributed by atoms with Crippen LogP contribution in [0, 0.1) is 5.82 Å². The fraction of sp³-hybridized carbons (Fsp3) is 0.462. The van der Waals surface area contributed by atoms with Crippen molar-refractivity contribution in [1.29, 1.82) is 0 Å². The van der Waals surface area contributed by atoms with Crippen LogP contribution in [0.1, 0.15) is 27.2 Å². The van der Waals surface area contributed by atoms with Gasteiger partial charge in [0.15, 0.2) is 0 Å². The molecule has 1 aromatic rings. The number of nitrogens with zero attached hydrogens (tertiary/aromatic N) is 1. The lowest BCUT2D eigenvalue weighted by molar-refractivity contribution is -0.116. The molecule has 0 unspecified atom stereocenters. The molecular formula is C13H16BrFN2O. The number of hydrogen-bond donors (Lipinski definition) is 1. The van der Waals surface area contributed by atoms with Gasteiger partial charge < -0.3 is 10.2 Å². The summed E-state index contributed by atoms with van der Waals surface area (Å²) in [6, 6.07) is 3.09. The molecule has 1 N–H and O–H groups in total. The molecule has 0 aromatic heterocycles. The third kappa shape index (κ3) is 2.51. The SMILES string of the molecule is CC(C)(C)N1CCC(=O)Nc2cc(F)c(Br)cc21. The number of rotatable bonds is 0. The third-order valence-electron chi connectivity index (χ3n) is 2.98. The normalized spacial score (nSPS) is 16.1. The predicted molar refractivity (Wildman–Crippen MR) is 74.4 cm³/mol. The van der Waals surface area contributed by atoms with E-state index in [-0.39, 0.29) is 17.3 Å². The average molecular weight is 315 g/mol. The van der Waals surface area contributed by atoms with E-state index in [4.69, 9.17) is 0 Å². The summed E-state index contributed by atoms with van der Waals surface area (Å²) in [6.07, 6.45) is 0.408. The van der Waals surface area contributed by atoms with Crippen LogP contribution >= 0.6 is 15.9 Å². The van der Waals surface area contributed by atoms with Crippen molar-refractivity contribution in [3.63, 3.8) is 0 Å². The number of halogens is 2. The van der Waals surface area contributed by atoms with Crippen molar-refractivity contribution >= 4 is 33.2 Å². The van der Waals surface area contributed by atoms with E-state index in [1.54, 1.807) is 6.07 Å². The molecule has 3 nitrogen and oxygen atoms in total.